The van der Waals surface area contributed by atoms with Crippen LogP contribution in [0, 0.1) is 0 Å². The predicted octanol–water partition coefficient (Wildman–Crippen LogP) is 3.11. The summed E-state index contributed by atoms with van der Waals surface area (Å²) in [6, 6.07) is 5.06. The summed E-state index contributed by atoms with van der Waals surface area (Å²) >= 11 is 11.9. The molecule has 0 heterocycles. The van der Waals surface area contributed by atoms with E-state index in [9.17, 15) is 4.79 Å². The molecule has 0 fully saturated rings. The fraction of sp³-hybridized carbons (Fsp3) is 0.357. The zero-order chi connectivity index (χ0) is 15.0. The third kappa shape index (κ3) is 6.39. The van der Waals surface area contributed by atoms with E-state index in [1.807, 2.05) is 6.92 Å². The van der Waals surface area contributed by atoms with E-state index in [4.69, 9.17) is 27.9 Å². The van der Waals surface area contributed by atoms with Gasteiger partial charge in [0.25, 0.3) is 0 Å². The van der Waals surface area contributed by atoms with Crippen molar-refractivity contribution in [2.45, 2.75) is 6.92 Å². The maximum atomic E-state index is 11.7. The normalized spacial score (nSPS) is 10.3. The fourth-order valence-corrected chi connectivity index (χ4v) is 1.89. The van der Waals surface area contributed by atoms with Crippen LogP contribution in [0.25, 0.3) is 0 Å². The van der Waals surface area contributed by atoms with Gasteiger partial charge in [-0.2, -0.15) is 0 Å². The topological polar surface area (TPSA) is 50.4 Å². The van der Waals surface area contributed by atoms with Gasteiger partial charge in [-0.3, -0.25) is 4.79 Å². The first-order valence-corrected chi connectivity index (χ1v) is 6.93. The van der Waals surface area contributed by atoms with Crippen molar-refractivity contribution >= 4 is 34.8 Å². The van der Waals surface area contributed by atoms with Gasteiger partial charge in [-0.15, -0.1) is 0 Å². The average Bonchev–Trinajstić information content (AvgIpc) is 2.38. The molecule has 1 aromatic carbocycles. The highest BCUT2D eigenvalue weighted by Crippen LogP contribution is 2.29. The second-order valence-corrected chi connectivity index (χ2v) is 5.15. The monoisotopic (exact) mass is 316 g/mol. The molecular formula is C14H18Cl2N2O2. The number of amides is 1. The zero-order valence-corrected chi connectivity index (χ0v) is 12.9. The van der Waals surface area contributed by atoms with Gasteiger partial charge in [0.2, 0.25) is 5.91 Å². The molecule has 110 valence electrons. The number of hydrogen-bond donors (Lipinski definition) is 2. The molecule has 1 aromatic rings. The molecule has 1 rings (SSSR count). The molecule has 0 aliphatic heterocycles. The molecule has 0 unspecified atom stereocenters. The number of para-hydroxylation sites is 1. The van der Waals surface area contributed by atoms with Crippen molar-refractivity contribution in [3.63, 3.8) is 0 Å². The van der Waals surface area contributed by atoms with Gasteiger partial charge in [-0.1, -0.05) is 41.4 Å². The van der Waals surface area contributed by atoms with Crippen molar-refractivity contribution in [3.8, 4) is 0 Å². The van der Waals surface area contributed by atoms with Crippen LogP contribution in [0.15, 0.2) is 30.4 Å². The number of ether oxygens (including phenoxy) is 1. The molecule has 0 saturated carbocycles. The van der Waals surface area contributed by atoms with Crippen LogP contribution < -0.4 is 10.6 Å². The van der Waals surface area contributed by atoms with E-state index >= 15 is 0 Å². The molecule has 0 spiro atoms. The Hall–Kier alpha value is -1.07. The van der Waals surface area contributed by atoms with Gasteiger partial charge in [-0.25, -0.2) is 0 Å². The lowest BCUT2D eigenvalue weighted by Gasteiger charge is -2.10. The molecular weight excluding hydrogens is 299 g/mol. The maximum Gasteiger partial charge on any atom is 0.238 e. The van der Waals surface area contributed by atoms with E-state index < -0.39 is 0 Å². The minimum atomic E-state index is -0.208. The summed E-state index contributed by atoms with van der Waals surface area (Å²) in [4.78, 5) is 11.7. The lowest BCUT2D eigenvalue weighted by atomic mass is 10.3. The van der Waals surface area contributed by atoms with E-state index in [1.54, 1.807) is 18.2 Å². The van der Waals surface area contributed by atoms with Crippen molar-refractivity contribution in [2.24, 2.45) is 0 Å². The third-order valence-corrected chi connectivity index (χ3v) is 2.91. The summed E-state index contributed by atoms with van der Waals surface area (Å²) in [6.45, 7) is 7.42. The Labute approximate surface area is 129 Å². The second kappa shape index (κ2) is 8.97. The second-order valence-electron chi connectivity index (χ2n) is 4.33. The quantitative estimate of drug-likeness (QED) is 0.572. The Bertz CT molecular complexity index is 458. The summed E-state index contributed by atoms with van der Waals surface area (Å²) in [5, 5.41) is 6.46. The van der Waals surface area contributed by atoms with Crippen LogP contribution in [-0.2, 0) is 9.53 Å². The van der Waals surface area contributed by atoms with Crippen LogP contribution in [0.3, 0.4) is 0 Å². The number of nitrogens with one attached hydrogen (secondary N) is 2. The van der Waals surface area contributed by atoms with Crippen LogP contribution >= 0.6 is 23.2 Å². The van der Waals surface area contributed by atoms with Gasteiger partial charge >= 0.3 is 0 Å². The average molecular weight is 317 g/mol. The first kappa shape index (κ1) is 17.0. The molecule has 0 aliphatic carbocycles. The SMILES string of the molecule is C=C(C)COCCNCC(=O)Nc1c(Cl)cccc1Cl. The molecule has 0 atom stereocenters. The number of carbonyl (C=O) groups is 1. The summed E-state index contributed by atoms with van der Waals surface area (Å²) in [6.07, 6.45) is 0. The first-order valence-electron chi connectivity index (χ1n) is 6.17. The highest BCUT2D eigenvalue weighted by molar-refractivity contribution is 6.39. The molecule has 0 aliphatic rings. The smallest absolute Gasteiger partial charge is 0.238 e. The summed E-state index contributed by atoms with van der Waals surface area (Å²) in [5.41, 5.74) is 1.40. The van der Waals surface area contributed by atoms with Gasteiger partial charge in [-0.05, 0) is 19.1 Å². The fourth-order valence-electron chi connectivity index (χ4n) is 1.39. The van der Waals surface area contributed by atoms with Gasteiger partial charge in [0.1, 0.15) is 0 Å². The van der Waals surface area contributed by atoms with E-state index in [-0.39, 0.29) is 12.5 Å². The first-order chi connectivity index (χ1) is 9.50. The zero-order valence-electron chi connectivity index (χ0n) is 11.3. The van der Waals surface area contributed by atoms with Gasteiger partial charge < -0.3 is 15.4 Å². The van der Waals surface area contributed by atoms with E-state index in [0.29, 0.717) is 35.5 Å². The Kier molecular flexibility index (Phi) is 7.62. The molecule has 2 N–H and O–H groups in total. The van der Waals surface area contributed by atoms with Crippen molar-refractivity contribution < 1.29 is 9.53 Å². The highest BCUT2D eigenvalue weighted by Gasteiger charge is 2.08. The lowest BCUT2D eigenvalue weighted by molar-refractivity contribution is -0.115. The number of carbonyl (C=O) groups excluding carboxylic acids is 1. The van der Waals surface area contributed by atoms with Crippen molar-refractivity contribution in [3.05, 3.63) is 40.4 Å². The van der Waals surface area contributed by atoms with Crippen LogP contribution in [0.5, 0.6) is 0 Å². The molecule has 0 aromatic heterocycles. The van der Waals surface area contributed by atoms with E-state index in [1.165, 1.54) is 0 Å². The number of halogens is 2. The molecule has 6 heteroatoms. The molecule has 0 saturated heterocycles. The lowest BCUT2D eigenvalue weighted by Crippen LogP contribution is -2.30. The molecule has 0 bridgehead atoms. The Morgan fingerprint density at radius 2 is 2.00 bits per heavy atom. The van der Waals surface area contributed by atoms with Gasteiger partial charge in [0.05, 0.1) is 35.5 Å². The third-order valence-electron chi connectivity index (χ3n) is 2.28. The standard InChI is InChI=1S/C14H18Cl2N2O2/c1-10(2)9-20-7-6-17-8-13(19)18-14-11(15)4-3-5-12(14)16/h3-5,17H,1,6-9H2,2H3,(H,18,19). The molecule has 1 amide bonds. The summed E-state index contributed by atoms with van der Waals surface area (Å²) in [7, 11) is 0. The minimum Gasteiger partial charge on any atom is -0.376 e. The van der Waals surface area contributed by atoms with E-state index in [0.717, 1.165) is 5.57 Å². The largest absolute Gasteiger partial charge is 0.376 e. The van der Waals surface area contributed by atoms with Crippen LogP contribution in [-0.4, -0.2) is 32.2 Å². The molecule has 0 radical (unpaired) electrons. The van der Waals surface area contributed by atoms with Crippen molar-refractivity contribution in [1.82, 2.24) is 5.32 Å². The van der Waals surface area contributed by atoms with Gasteiger partial charge in [0.15, 0.2) is 0 Å². The summed E-state index contributed by atoms with van der Waals surface area (Å²) in [5.74, 6) is -0.208. The Morgan fingerprint density at radius 1 is 1.35 bits per heavy atom. The number of anilines is 1. The van der Waals surface area contributed by atoms with Crippen molar-refractivity contribution in [2.75, 3.05) is 31.6 Å². The maximum absolute atomic E-state index is 11.7. The molecule has 20 heavy (non-hydrogen) atoms. The van der Waals surface area contributed by atoms with Crippen molar-refractivity contribution in [1.29, 1.82) is 0 Å². The highest BCUT2D eigenvalue weighted by atomic mass is 35.5. The predicted molar refractivity (Wildman–Crippen MR) is 83.6 cm³/mol. The Balaban J connectivity index is 2.25. The molecule has 4 nitrogen and oxygen atoms in total. The number of rotatable bonds is 8. The van der Waals surface area contributed by atoms with Gasteiger partial charge in [0, 0.05) is 6.54 Å². The van der Waals surface area contributed by atoms with Crippen LogP contribution in [0.1, 0.15) is 6.92 Å². The van der Waals surface area contributed by atoms with Crippen LogP contribution in [0.4, 0.5) is 5.69 Å². The summed E-state index contributed by atoms with van der Waals surface area (Å²) < 4.78 is 5.30. The minimum absolute atomic E-state index is 0.165. The number of benzene rings is 1. The van der Waals surface area contributed by atoms with E-state index in [2.05, 4.69) is 17.2 Å². The van der Waals surface area contributed by atoms with Crippen LogP contribution in [0.2, 0.25) is 10.0 Å². The Morgan fingerprint density at radius 3 is 2.60 bits per heavy atom. The number of hydrogen-bond acceptors (Lipinski definition) is 3.